The van der Waals surface area contributed by atoms with Crippen LogP contribution in [0.1, 0.15) is 35.8 Å². The number of rotatable bonds is 5. The molecule has 4 rings (SSSR count). The SMILES string of the molecule is C=C1CCC(n2c(C)nc3cccc(CNC(=O)Cc4ccc(F)cc4)c3c2=O)C(=O)N1. The van der Waals surface area contributed by atoms with Gasteiger partial charge in [-0.2, -0.15) is 0 Å². The molecule has 1 unspecified atom stereocenters. The quantitative estimate of drug-likeness (QED) is 0.646. The predicted octanol–water partition coefficient (Wildman–Crippen LogP) is 2.67. The van der Waals surface area contributed by atoms with Crippen molar-refractivity contribution in [1.29, 1.82) is 0 Å². The third kappa shape index (κ3) is 4.30. The number of hydrogen-bond donors (Lipinski definition) is 2. The zero-order valence-corrected chi connectivity index (χ0v) is 17.7. The lowest BCUT2D eigenvalue weighted by atomic mass is 10.0. The van der Waals surface area contributed by atoms with E-state index in [4.69, 9.17) is 0 Å². The summed E-state index contributed by atoms with van der Waals surface area (Å²) in [6, 6.07) is 10.3. The van der Waals surface area contributed by atoms with Crippen LogP contribution in [0.25, 0.3) is 10.9 Å². The molecule has 0 radical (unpaired) electrons. The van der Waals surface area contributed by atoms with Crippen LogP contribution >= 0.6 is 0 Å². The summed E-state index contributed by atoms with van der Waals surface area (Å²) >= 11 is 0. The second-order valence-corrected chi connectivity index (χ2v) is 7.87. The number of allylic oxidation sites excluding steroid dienone is 1. The number of carbonyl (C=O) groups excluding carboxylic acids is 2. The molecule has 0 spiro atoms. The molecule has 0 aliphatic carbocycles. The second kappa shape index (κ2) is 8.74. The first-order valence-electron chi connectivity index (χ1n) is 10.3. The van der Waals surface area contributed by atoms with Gasteiger partial charge in [-0.05, 0) is 49.1 Å². The normalized spacial score (nSPS) is 16.1. The van der Waals surface area contributed by atoms with Crippen molar-refractivity contribution in [3.63, 3.8) is 0 Å². The summed E-state index contributed by atoms with van der Waals surface area (Å²) in [6.07, 6.45) is 1.15. The molecule has 3 aromatic rings. The highest BCUT2D eigenvalue weighted by molar-refractivity contribution is 5.85. The lowest BCUT2D eigenvalue weighted by Gasteiger charge is -2.26. The average Bonchev–Trinajstić information content (AvgIpc) is 2.75. The molecule has 2 N–H and O–H groups in total. The fourth-order valence-corrected chi connectivity index (χ4v) is 3.99. The van der Waals surface area contributed by atoms with Gasteiger partial charge in [0, 0.05) is 12.2 Å². The highest BCUT2D eigenvalue weighted by Crippen LogP contribution is 2.23. The van der Waals surface area contributed by atoms with Crippen LogP contribution in [0.5, 0.6) is 0 Å². The van der Waals surface area contributed by atoms with Gasteiger partial charge in [-0.3, -0.25) is 19.0 Å². The minimum absolute atomic E-state index is 0.0960. The maximum absolute atomic E-state index is 13.4. The lowest BCUT2D eigenvalue weighted by Crippen LogP contribution is -2.41. The molecule has 2 amide bonds. The highest BCUT2D eigenvalue weighted by Gasteiger charge is 2.28. The molecule has 1 aliphatic heterocycles. The van der Waals surface area contributed by atoms with E-state index >= 15 is 0 Å². The predicted molar refractivity (Wildman–Crippen MR) is 118 cm³/mol. The number of benzene rings is 2. The maximum atomic E-state index is 13.4. The Labute approximate surface area is 184 Å². The third-order valence-electron chi connectivity index (χ3n) is 5.58. The number of carbonyl (C=O) groups is 2. The molecule has 1 fully saturated rings. The molecule has 8 heteroatoms. The molecule has 1 atom stereocenters. The van der Waals surface area contributed by atoms with Gasteiger partial charge in [0.2, 0.25) is 11.8 Å². The number of hydrogen-bond acceptors (Lipinski definition) is 4. The van der Waals surface area contributed by atoms with Crippen LogP contribution in [0, 0.1) is 12.7 Å². The Morgan fingerprint density at radius 1 is 1.25 bits per heavy atom. The Balaban J connectivity index is 1.61. The van der Waals surface area contributed by atoms with Crippen molar-refractivity contribution in [2.75, 3.05) is 0 Å². The number of halogens is 1. The van der Waals surface area contributed by atoms with E-state index in [-0.39, 0.29) is 36.2 Å². The molecule has 2 heterocycles. The van der Waals surface area contributed by atoms with Crippen molar-refractivity contribution >= 4 is 22.7 Å². The van der Waals surface area contributed by atoms with Gasteiger partial charge in [-0.25, -0.2) is 9.37 Å². The van der Waals surface area contributed by atoms with Crippen LogP contribution in [0.3, 0.4) is 0 Å². The van der Waals surface area contributed by atoms with Gasteiger partial charge in [0.1, 0.15) is 17.7 Å². The Morgan fingerprint density at radius 2 is 2.00 bits per heavy atom. The first kappa shape index (κ1) is 21.4. The first-order valence-corrected chi connectivity index (χ1v) is 10.3. The topological polar surface area (TPSA) is 93.1 Å². The van der Waals surface area contributed by atoms with E-state index < -0.39 is 6.04 Å². The molecule has 1 aromatic heterocycles. The summed E-state index contributed by atoms with van der Waals surface area (Å²) in [7, 11) is 0. The van der Waals surface area contributed by atoms with Crippen LogP contribution < -0.4 is 16.2 Å². The van der Waals surface area contributed by atoms with Gasteiger partial charge >= 0.3 is 0 Å². The summed E-state index contributed by atoms with van der Waals surface area (Å²) in [5.41, 5.74) is 2.13. The number of aryl methyl sites for hydroxylation is 1. The Kier molecular flexibility index (Phi) is 5.85. The Morgan fingerprint density at radius 3 is 2.72 bits per heavy atom. The van der Waals surface area contributed by atoms with E-state index in [0.29, 0.717) is 46.4 Å². The molecular weight excluding hydrogens is 411 g/mol. The van der Waals surface area contributed by atoms with Crippen LogP contribution in [-0.4, -0.2) is 21.4 Å². The minimum atomic E-state index is -0.661. The van der Waals surface area contributed by atoms with Crippen molar-refractivity contribution in [2.24, 2.45) is 0 Å². The maximum Gasteiger partial charge on any atom is 0.262 e. The fraction of sp³-hybridized carbons (Fsp3) is 0.250. The smallest absolute Gasteiger partial charge is 0.262 e. The number of nitrogens with zero attached hydrogens (tertiary/aromatic N) is 2. The van der Waals surface area contributed by atoms with Crippen molar-refractivity contribution in [1.82, 2.24) is 20.2 Å². The van der Waals surface area contributed by atoms with Crippen LogP contribution in [0.2, 0.25) is 0 Å². The van der Waals surface area contributed by atoms with Crippen molar-refractivity contribution in [3.05, 3.63) is 87.9 Å². The van der Waals surface area contributed by atoms with E-state index in [0.717, 1.165) is 0 Å². The third-order valence-corrected chi connectivity index (χ3v) is 5.58. The minimum Gasteiger partial charge on any atom is -0.352 e. The number of nitrogens with one attached hydrogen (secondary N) is 2. The van der Waals surface area contributed by atoms with E-state index in [1.807, 2.05) is 0 Å². The Hall–Kier alpha value is -3.81. The summed E-state index contributed by atoms with van der Waals surface area (Å²) in [6.45, 7) is 5.62. The van der Waals surface area contributed by atoms with Crippen molar-refractivity contribution in [3.8, 4) is 0 Å². The van der Waals surface area contributed by atoms with Crippen LogP contribution in [0.15, 0.2) is 59.5 Å². The lowest BCUT2D eigenvalue weighted by molar-refractivity contribution is -0.125. The summed E-state index contributed by atoms with van der Waals surface area (Å²) in [4.78, 5) is 42.8. The number of aromatic nitrogens is 2. The monoisotopic (exact) mass is 434 g/mol. The zero-order chi connectivity index (χ0) is 22.8. The Bertz CT molecular complexity index is 1280. The van der Waals surface area contributed by atoms with E-state index in [9.17, 15) is 18.8 Å². The van der Waals surface area contributed by atoms with E-state index in [1.54, 1.807) is 37.3 Å². The van der Waals surface area contributed by atoms with Gasteiger partial charge in [-0.1, -0.05) is 30.8 Å². The molecule has 1 aliphatic rings. The molecule has 32 heavy (non-hydrogen) atoms. The van der Waals surface area contributed by atoms with Gasteiger partial charge in [-0.15, -0.1) is 0 Å². The molecule has 164 valence electrons. The van der Waals surface area contributed by atoms with E-state index in [1.165, 1.54) is 16.7 Å². The molecular formula is C24H23FN4O3. The summed E-state index contributed by atoms with van der Waals surface area (Å²) < 4.78 is 14.5. The molecule has 0 saturated carbocycles. The van der Waals surface area contributed by atoms with Crippen LogP contribution in [-0.2, 0) is 22.6 Å². The second-order valence-electron chi connectivity index (χ2n) is 7.87. The summed E-state index contributed by atoms with van der Waals surface area (Å²) in [5, 5.41) is 5.89. The zero-order valence-electron chi connectivity index (χ0n) is 17.7. The van der Waals surface area contributed by atoms with Crippen LogP contribution in [0.4, 0.5) is 4.39 Å². The van der Waals surface area contributed by atoms with Gasteiger partial charge in [0.15, 0.2) is 0 Å². The molecule has 1 saturated heterocycles. The fourth-order valence-electron chi connectivity index (χ4n) is 3.99. The van der Waals surface area contributed by atoms with Crippen molar-refractivity contribution in [2.45, 2.75) is 38.8 Å². The highest BCUT2D eigenvalue weighted by atomic mass is 19.1. The van der Waals surface area contributed by atoms with E-state index in [2.05, 4.69) is 22.2 Å². The summed E-state index contributed by atoms with van der Waals surface area (Å²) in [5.74, 6) is -0.440. The molecule has 0 bridgehead atoms. The number of amides is 2. The molecule has 7 nitrogen and oxygen atoms in total. The molecule has 2 aromatic carbocycles. The first-order chi connectivity index (χ1) is 15.3. The number of piperidine rings is 1. The number of fused-ring (bicyclic) bond motifs is 1. The largest absolute Gasteiger partial charge is 0.352 e. The van der Waals surface area contributed by atoms with Crippen molar-refractivity contribution < 1.29 is 14.0 Å². The van der Waals surface area contributed by atoms with Gasteiger partial charge < -0.3 is 10.6 Å². The standard InChI is InChI=1S/C24H23FN4O3/c1-14-6-11-20(23(31)27-14)29-15(2)28-19-5-3-4-17(22(19)24(29)32)13-26-21(30)12-16-7-9-18(25)10-8-16/h3-5,7-10,20H,1,6,11-13H2,2H3,(H,26,30)(H,27,31). The van der Waals surface area contributed by atoms with Gasteiger partial charge in [0.05, 0.1) is 17.3 Å². The average molecular weight is 434 g/mol. The van der Waals surface area contributed by atoms with Gasteiger partial charge in [0.25, 0.3) is 5.56 Å².